The van der Waals surface area contributed by atoms with E-state index < -0.39 is 0 Å². The first-order chi connectivity index (χ1) is 8.72. The van der Waals surface area contributed by atoms with Gasteiger partial charge in [0.25, 0.3) is 0 Å². The fourth-order valence-corrected chi connectivity index (χ4v) is 2.49. The van der Waals surface area contributed by atoms with E-state index in [9.17, 15) is 4.79 Å². The molecule has 0 spiro atoms. The monoisotopic (exact) mass is 311 g/mol. The van der Waals surface area contributed by atoms with Crippen molar-refractivity contribution < 1.29 is 9.53 Å². The minimum Gasteiger partial charge on any atom is -0.493 e. The van der Waals surface area contributed by atoms with Gasteiger partial charge in [-0.25, -0.2) is 0 Å². The molecule has 1 heterocycles. The van der Waals surface area contributed by atoms with Crippen LogP contribution in [0.2, 0.25) is 0 Å². The quantitative estimate of drug-likeness (QED) is 0.849. The van der Waals surface area contributed by atoms with Crippen molar-refractivity contribution >= 4 is 21.7 Å². The van der Waals surface area contributed by atoms with Gasteiger partial charge >= 0.3 is 0 Å². The Morgan fingerprint density at radius 3 is 3.06 bits per heavy atom. The zero-order chi connectivity index (χ0) is 13.0. The molecule has 0 aliphatic carbocycles. The van der Waals surface area contributed by atoms with Gasteiger partial charge in [0.1, 0.15) is 5.75 Å². The molecule has 3 nitrogen and oxygen atoms in total. The molecule has 98 valence electrons. The number of carbonyl (C=O) groups excluding carboxylic acids is 1. The summed E-state index contributed by atoms with van der Waals surface area (Å²) in [4.78, 5) is 12.4. The van der Waals surface area contributed by atoms with Gasteiger partial charge in [-0.3, -0.25) is 4.79 Å². The topological polar surface area (TPSA) is 38.3 Å². The number of nitrogens with one attached hydrogen (secondary N) is 1. The molecule has 0 radical (unpaired) electrons. The molecule has 0 saturated carbocycles. The fourth-order valence-electron chi connectivity index (χ4n) is 2.13. The summed E-state index contributed by atoms with van der Waals surface area (Å²) >= 11 is 3.41. The number of ketones is 1. The summed E-state index contributed by atoms with van der Waals surface area (Å²) in [5.41, 5.74) is 0.678. The van der Waals surface area contributed by atoms with Crippen molar-refractivity contribution in [2.45, 2.75) is 32.2 Å². The molecule has 2 rings (SSSR count). The molecule has 0 amide bonds. The summed E-state index contributed by atoms with van der Waals surface area (Å²) in [5.74, 6) is 0.832. The highest BCUT2D eigenvalue weighted by Gasteiger charge is 2.25. The van der Waals surface area contributed by atoms with E-state index in [2.05, 4.69) is 28.2 Å². The Hall–Kier alpha value is -0.870. The van der Waals surface area contributed by atoms with Crippen LogP contribution in [0.4, 0.5) is 0 Å². The first-order valence-electron chi connectivity index (χ1n) is 6.42. The highest BCUT2D eigenvalue weighted by molar-refractivity contribution is 9.10. The van der Waals surface area contributed by atoms with Gasteiger partial charge < -0.3 is 10.1 Å². The van der Waals surface area contributed by atoms with E-state index in [0.717, 1.165) is 30.3 Å². The van der Waals surface area contributed by atoms with E-state index in [4.69, 9.17) is 4.74 Å². The summed E-state index contributed by atoms with van der Waals surface area (Å²) in [6.45, 7) is 3.62. The molecule has 4 heteroatoms. The van der Waals surface area contributed by atoms with Gasteiger partial charge in [0, 0.05) is 4.47 Å². The SMILES string of the molecule is CCCOc1ccc(Br)cc1C(=O)C1CCCN1. The van der Waals surface area contributed by atoms with Crippen molar-refractivity contribution in [3.8, 4) is 5.75 Å². The maximum atomic E-state index is 12.4. The van der Waals surface area contributed by atoms with Gasteiger partial charge in [-0.1, -0.05) is 22.9 Å². The first kappa shape index (κ1) is 13.6. The Kier molecular flexibility index (Phi) is 4.78. The van der Waals surface area contributed by atoms with Gasteiger partial charge in [-0.2, -0.15) is 0 Å². The smallest absolute Gasteiger partial charge is 0.183 e. The zero-order valence-corrected chi connectivity index (χ0v) is 12.1. The second-order valence-electron chi connectivity index (χ2n) is 4.50. The highest BCUT2D eigenvalue weighted by atomic mass is 79.9. The standard InChI is InChI=1S/C14H18BrNO2/c1-2-8-18-13-6-5-10(15)9-11(13)14(17)12-4-3-7-16-12/h5-6,9,12,16H,2-4,7-8H2,1H3. The van der Waals surface area contributed by atoms with Gasteiger partial charge in [-0.15, -0.1) is 0 Å². The Bertz CT molecular complexity index is 428. The third-order valence-corrected chi connectivity index (χ3v) is 3.54. The van der Waals surface area contributed by atoms with E-state index in [1.807, 2.05) is 18.2 Å². The maximum absolute atomic E-state index is 12.4. The molecule has 1 aromatic carbocycles. The first-order valence-corrected chi connectivity index (χ1v) is 7.21. The molecule has 0 aromatic heterocycles. The van der Waals surface area contributed by atoms with E-state index in [1.165, 1.54) is 0 Å². The maximum Gasteiger partial charge on any atom is 0.183 e. The fraction of sp³-hybridized carbons (Fsp3) is 0.500. The second kappa shape index (κ2) is 6.34. The lowest BCUT2D eigenvalue weighted by atomic mass is 10.0. The van der Waals surface area contributed by atoms with Gasteiger partial charge in [0.15, 0.2) is 5.78 Å². The lowest BCUT2D eigenvalue weighted by Gasteiger charge is -2.14. The van der Waals surface area contributed by atoms with Crippen LogP contribution in [0.3, 0.4) is 0 Å². The predicted octanol–water partition coefficient (Wildman–Crippen LogP) is 3.17. The Labute approximate surface area is 116 Å². The third kappa shape index (κ3) is 3.12. The lowest BCUT2D eigenvalue weighted by molar-refractivity contribution is 0.0948. The molecule has 1 N–H and O–H groups in total. The van der Waals surface area contributed by atoms with Crippen molar-refractivity contribution in [1.29, 1.82) is 0 Å². The Balaban J connectivity index is 2.22. The predicted molar refractivity (Wildman–Crippen MR) is 75.3 cm³/mol. The molecule has 1 unspecified atom stereocenters. The minimum absolute atomic E-state index is 0.0525. The second-order valence-corrected chi connectivity index (χ2v) is 5.42. The van der Waals surface area contributed by atoms with Crippen molar-refractivity contribution in [1.82, 2.24) is 5.32 Å². The number of carbonyl (C=O) groups is 1. The van der Waals surface area contributed by atoms with Gasteiger partial charge in [0.05, 0.1) is 18.2 Å². The number of ether oxygens (including phenoxy) is 1. The van der Waals surface area contributed by atoms with Crippen LogP contribution >= 0.6 is 15.9 Å². The van der Waals surface area contributed by atoms with Crippen molar-refractivity contribution in [3.05, 3.63) is 28.2 Å². The van der Waals surface area contributed by atoms with E-state index in [-0.39, 0.29) is 11.8 Å². The Morgan fingerprint density at radius 2 is 2.39 bits per heavy atom. The minimum atomic E-state index is -0.0525. The van der Waals surface area contributed by atoms with Gasteiger partial charge in [-0.05, 0) is 44.0 Å². The number of halogens is 1. The summed E-state index contributed by atoms with van der Waals surface area (Å²) < 4.78 is 6.56. The molecule has 1 saturated heterocycles. The third-order valence-electron chi connectivity index (χ3n) is 3.05. The van der Waals surface area contributed by atoms with Crippen LogP contribution in [-0.2, 0) is 0 Å². The Morgan fingerprint density at radius 1 is 1.56 bits per heavy atom. The van der Waals surface area contributed by atoms with Crippen molar-refractivity contribution in [2.24, 2.45) is 0 Å². The largest absolute Gasteiger partial charge is 0.493 e. The average molecular weight is 312 g/mol. The van der Waals surface area contributed by atoms with Crippen LogP contribution in [0, 0.1) is 0 Å². The van der Waals surface area contributed by atoms with E-state index in [1.54, 1.807) is 0 Å². The molecule has 1 aliphatic heterocycles. The lowest BCUT2D eigenvalue weighted by Crippen LogP contribution is -2.31. The molecular weight excluding hydrogens is 294 g/mol. The van der Waals surface area contributed by atoms with Crippen LogP contribution in [0.15, 0.2) is 22.7 Å². The molecular formula is C14H18BrNO2. The van der Waals surface area contributed by atoms with Crippen LogP contribution in [-0.4, -0.2) is 25.0 Å². The van der Waals surface area contributed by atoms with Crippen LogP contribution in [0.25, 0.3) is 0 Å². The zero-order valence-electron chi connectivity index (χ0n) is 10.5. The highest BCUT2D eigenvalue weighted by Crippen LogP contribution is 2.26. The number of benzene rings is 1. The van der Waals surface area contributed by atoms with Crippen molar-refractivity contribution in [3.63, 3.8) is 0 Å². The molecule has 1 fully saturated rings. The van der Waals surface area contributed by atoms with Crippen LogP contribution < -0.4 is 10.1 Å². The number of hydrogen-bond donors (Lipinski definition) is 1. The number of Topliss-reactive ketones (excluding diaryl/α,β-unsaturated/α-hetero) is 1. The van der Waals surface area contributed by atoms with Crippen molar-refractivity contribution in [2.75, 3.05) is 13.2 Å². The molecule has 18 heavy (non-hydrogen) atoms. The molecule has 1 aliphatic rings. The summed E-state index contributed by atoms with van der Waals surface area (Å²) in [5, 5.41) is 3.24. The summed E-state index contributed by atoms with van der Waals surface area (Å²) in [6.07, 6.45) is 2.92. The van der Waals surface area contributed by atoms with E-state index >= 15 is 0 Å². The van der Waals surface area contributed by atoms with Gasteiger partial charge in [0.2, 0.25) is 0 Å². The normalized spacial score (nSPS) is 18.9. The van der Waals surface area contributed by atoms with Crippen LogP contribution in [0.1, 0.15) is 36.5 Å². The average Bonchev–Trinajstić information content (AvgIpc) is 2.90. The van der Waals surface area contributed by atoms with Crippen LogP contribution in [0.5, 0.6) is 5.75 Å². The summed E-state index contributed by atoms with van der Waals surface area (Å²) in [7, 11) is 0. The molecule has 1 aromatic rings. The number of hydrogen-bond acceptors (Lipinski definition) is 3. The molecule has 0 bridgehead atoms. The number of rotatable bonds is 5. The molecule has 1 atom stereocenters. The summed E-state index contributed by atoms with van der Waals surface area (Å²) in [6, 6.07) is 5.57. The van der Waals surface area contributed by atoms with E-state index in [0.29, 0.717) is 17.9 Å².